The van der Waals surface area contributed by atoms with Crippen molar-refractivity contribution in [3.63, 3.8) is 0 Å². The van der Waals surface area contributed by atoms with Gasteiger partial charge in [-0.25, -0.2) is 0 Å². The zero-order valence-electron chi connectivity index (χ0n) is 10.8. The first-order chi connectivity index (χ1) is 8.99. The number of aryl methyl sites for hydroxylation is 2. The van der Waals surface area contributed by atoms with Crippen molar-refractivity contribution in [3.05, 3.63) is 58.1 Å². The molecular formula is C15H15ClN2O. The van der Waals surface area contributed by atoms with Crippen LogP contribution in [-0.4, -0.2) is 5.91 Å². The molecule has 0 heterocycles. The van der Waals surface area contributed by atoms with Crippen LogP contribution in [0.1, 0.15) is 21.5 Å². The molecule has 2 rings (SSSR count). The van der Waals surface area contributed by atoms with E-state index in [1.54, 1.807) is 18.2 Å². The number of hydrogen-bond acceptors (Lipinski definition) is 2. The number of nitrogen functional groups attached to an aromatic ring is 1. The fraction of sp³-hybridized carbons (Fsp3) is 0.133. The van der Waals surface area contributed by atoms with E-state index in [2.05, 4.69) is 5.32 Å². The molecule has 0 saturated heterocycles. The minimum absolute atomic E-state index is 0.176. The number of carbonyl (C=O) groups is 1. The lowest BCUT2D eigenvalue weighted by atomic mass is 10.0. The molecule has 0 fully saturated rings. The average molecular weight is 275 g/mol. The molecule has 0 bridgehead atoms. The van der Waals surface area contributed by atoms with E-state index in [4.69, 9.17) is 17.3 Å². The third-order valence-corrected chi connectivity index (χ3v) is 3.21. The average Bonchev–Trinajstić information content (AvgIpc) is 2.33. The first kappa shape index (κ1) is 13.4. The van der Waals surface area contributed by atoms with Gasteiger partial charge >= 0.3 is 0 Å². The number of amides is 1. The van der Waals surface area contributed by atoms with Crippen LogP contribution >= 0.6 is 11.6 Å². The van der Waals surface area contributed by atoms with Crippen LogP contribution in [0, 0.1) is 13.8 Å². The van der Waals surface area contributed by atoms with Crippen LogP contribution in [0.2, 0.25) is 5.02 Å². The molecule has 0 aliphatic rings. The molecule has 0 aromatic heterocycles. The summed E-state index contributed by atoms with van der Waals surface area (Å²) >= 11 is 5.90. The van der Waals surface area contributed by atoms with Crippen molar-refractivity contribution < 1.29 is 4.79 Å². The largest absolute Gasteiger partial charge is 0.397 e. The Bertz CT molecular complexity index is 618. The molecule has 0 aliphatic heterocycles. The second kappa shape index (κ2) is 5.33. The molecule has 0 atom stereocenters. The Balaban J connectivity index is 2.34. The standard InChI is InChI=1S/C15H15ClN2O/c1-9-4-3-5-10(2)14(9)15(19)18-13-8-11(16)6-7-12(13)17/h3-8H,17H2,1-2H3,(H,18,19). The van der Waals surface area contributed by atoms with E-state index in [9.17, 15) is 4.79 Å². The molecule has 2 aromatic rings. The van der Waals surface area contributed by atoms with Crippen LogP contribution < -0.4 is 11.1 Å². The van der Waals surface area contributed by atoms with Gasteiger partial charge in [0, 0.05) is 10.6 Å². The maximum atomic E-state index is 12.3. The van der Waals surface area contributed by atoms with Crippen LogP contribution in [0.3, 0.4) is 0 Å². The lowest BCUT2D eigenvalue weighted by molar-refractivity contribution is 0.102. The smallest absolute Gasteiger partial charge is 0.256 e. The first-order valence-corrected chi connectivity index (χ1v) is 6.29. The molecule has 2 aromatic carbocycles. The summed E-state index contributed by atoms with van der Waals surface area (Å²) in [6.07, 6.45) is 0. The summed E-state index contributed by atoms with van der Waals surface area (Å²) in [6.45, 7) is 3.81. The highest BCUT2D eigenvalue weighted by Crippen LogP contribution is 2.24. The van der Waals surface area contributed by atoms with Gasteiger partial charge < -0.3 is 11.1 Å². The summed E-state index contributed by atoms with van der Waals surface area (Å²) in [6, 6.07) is 10.7. The van der Waals surface area contributed by atoms with E-state index in [0.29, 0.717) is 22.0 Å². The normalized spacial score (nSPS) is 10.3. The zero-order valence-corrected chi connectivity index (χ0v) is 11.6. The number of hydrogen-bond donors (Lipinski definition) is 2. The Labute approximate surface area is 117 Å². The monoisotopic (exact) mass is 274 g/mol. The van der Waals surface area contributed by atoms with Crippen LogP contribution in [0.5, 0.6) is 0 Å². The Kier molecular flexibility index (Phi) is 3.76. The maximum absolute atomic E-state index is 12.3. The number of rotatable bonds is 2. The summed E-state index contributed by atoms with van der Waals surface area (Å²) in [5, 5.41) is 3.33. The van der Waals surface area contributed by atoms with Gasteiger partial charge in [0.05, 0.1) is 11.4 Å². The Hall–Kier alpha value is -2.00. The Morgan fingerprint density at radius 1 is 1.16 bits per heavy atom. The second-order valence-corrected chi connectivity index (χ2v) is 4.89. The quantitative estimate of drug-likeness (QED) is 0.819. The Morgan fingerprint density at radius 3 is 2.42 bits per heavy atom. The molecule has 0 saturated carbocycles. The third-order valence-electron chi connectivity index (χ3n) is 2.97. The van der Waals surface area contributed by atoms with Gasteiger partial charge in [-0.3, -0.25) is 4.79 Å². The molecule has 0 radical (unpaired) electrons. The fourth-order valence-corrected chi connectivity index (χ4v) is 2.17. The van der Waals surface area contributed by atoms with Crippen molar-refractivity contribution in [1.29, 1.82) is 0 Å². The van der Waals surface area contributed by atoms with E-state index in [-0.39, 0.29) is 5.91 Å². The van der Waals surface area contributed by atoms with Crippen molar-refractivity contribution in [3.8, 4) is 0 Å². The molecule has 0 aliphatic carbocycles. The number of carbonyl (C=O) groups excluding carboxylic acids is 1. The molecular weight excluding hydrogens is 260 g/mol. The molecule has 1 amide bonds. The predicted molar refractivity (Wildman–Crippen MR) is 79.7 cm³/mol. The van der Waals surface area contributed by atoms with Crippen molar-refractivity contribution in [1.82, 2.24) is 0 Å². The van der Waals surface area contributed by atoms with Gasteiger partial charge in [0.2, 0.25) is 0 Å². The van der Waals surface area contributed by atoms with Crippen LogP contribution in [0.4, 0.5) is 11.4 Å². The number of nitrogens with one attached hydrogen (secondary N) is 1. The summed E-state index contributed by atoms with van der Waals surface area (Å²) < 4.78 is 0. The summed E-state index contributed by atoms with van der Waals surface area (Å²) in [5.74, 6) is -0.176. The second-order valence-electron chi connectivity index (χ2n) is 4.45. The molecule has 3 nitrogen and oxygen atoms in total. The van der Waals surface area contributed by atoms with E-state index in [0.717, 1.165) is 11.1 Å². The topological polar surface area (TPSA) is 55.1 Å². The van der Waals surface area contributed by atoms with E-state index in [1.165, 1.54) is 0 Å². The Morgan fingerprint density at radius 2 is 1.79 bits per heavy atom. The molecule has 98 valence electrons. The summed E-state index contributed by atoms with van der Waals surface area (Å²) in [4.78, 5) is 12.3. The van der Waals surface area contributed by atoms with Crippen LogP contribution in [0.25, 0.3) is 0 Å². The highest BCUT2D eigenvalue weighted by molar-refractivity contribution is 6.31. The lowest BCUT2D eigenvalue weighted by Gasteiger charge is -2.12. The van der Waals surface area contributed by atoms with Gasteiger partial charge in [0.1, 0.15) is 0 Å². The SMILES string of the molecule is Cc1cccc(C)c1C(=O)Nc1cc(Cl)ccc1N. The lowest BCUT2D eigenvalue weighted by Crippen LogP contribution is -2.16. The van der Waals surface area contributed by atoms with E-state index < -0.39 is 0 Å². The molecule has 0 unspecified atom stereocenters. The number of nitrogens with two attached hydrogens (primary N) is 1. The fourth-order valence-electron chi connectivity index (χ4n) is 1.99. The molecule has 19 heavy (non-hydrogen) atoms. The van der Waals surface area contributed by atoms with Gasteiger partial charge in [-0.15, -0.1) is 0 Å². The van der Waals surface area contributed by atoms with Crippen LogP contribution in [0.15, 0.2) is 36.4 Å². The summed E-state index contributed by atoms with van der Waals surface area (Å²) in [7, 11) is 0. The number of halogens is 1. The first-order valence-electron chi connectivity index (χ1n) is 5.91. The van der Waals surface area contributed by atoms with Gasteiger partial charge in [-0.05, 0) is 43.2 Å². The van der Waals surface area contributed by atoms with Gasteiger partial charge in [-0.2, -0.15) is 0 Å². The minimum atomic E-state index is -0.176. The van der Waals surface area contributed by atoms with Crippen molar-refractivity contribution >= 4 is 28.9 Å². The van der Waals surface area contributed by atoms with Crippen molar-refractivity contribution in [2.45, 2.75) is 13.8 Å². The summed E-state index contributed by atoms with van der Waals surface area (Å²) in [5.41, 5.74) is 9.36. The maximum Gasteiger partial charge on any atom is 0.256 e. The minimum Gasteiger partial charge on any atom is -0.397 e. The van der Waals surface area contributed by atoms with Gasteiger partial charge in [0.15, 0.2) is 0 Å². The van der Waals surface area contributed by atoms with Gasteiger partial charge in [0.25, 0.3) is 5.91 Å². The molecule has 4 heteroatoms. The van der Waals surface area contributed by atoms with E-state index >= 15 is 0 Å². The van der Waals surface area contributed by atoms with Crippen molar-refractivity contribution in [2.75, 3.05) is 11.1 Å². The van der Waals surface area contributed by atoms with E-state index in [1.807, 2.05) is 32.0 Å². The number of benzene rings is 2. The highest BCUT2D eigenvalue weighted by Gasteiger charge is 2.13. The third kappa shape index (κ3) is 2.88. The highest BCUT2D eigenvalue weighted by atomic mass is 35.5. The molecule has 3 N–H and O–H groups in total. The predicted octanol–water partition coefficient (Wildman–Crippen LogP) is 3.79. The zero-order chi connectivity index (χ0) is 14.0. The van der Waals surface area contributed by atoms with Gasteiger partial charge in [-0.1, -0.05) is 29.8 Å². The van der Waals surface area contributed by atoms with Crippen molar-refractivity contribution in [2.24, 2.45) is 0 Å². The molecule has 0 spiro atoms. The van der Waals surface area contributed by atoms with Crippen LogP contribution in [-0.2, 0) is 0 Å². The number of anilines is 2.